The molecule has 3 nitrogen and oxygen atoms in total. The predicted octanol–water partition coefficient (Wildman–Crippen LogP) is 2.72. The van der Waals surface area contributed by atoms with Gasteiger partial charge in [-0.25, -0.2) is 0 Å². The quantitative estimate of drug-likeness (QED) is 0.842. The van der Waals surface area contributed by atoms with Crippen molar-refractivity contribution in [3.63, 3.8) is 0 Å². The molecule has 0 aromatic heterocycles. The maximum Gasteiger partial charge on any atom is 0.225 e. The Balaban J connectivity index is 0.00000162. The van der Waals surface area contributed by atoms with E-state index in [1.807, 2.05) is 0 Å². The Morgan fingerprint density at radius 2 is 2.00 bits per heavy atom. The Labute approximate surface area is 117 Å². The molecule has 18 heavy (non-hydrogen) atoms. The zero-order valence-corrected chi connectivity index (χ0v) is 12.3. The second-order valence-electron chi connectivity index (χ2n) is 5.71. The summed E-state index contributed by atoms with van der Waals surface area (Å²) >= 11 is 0. The first kappa shape index (κ1) is 15.8. The summed E-state index contributed by atoms with van der Waals surface area (Å²) in [6.07, 6.45) is 8.95. The number of nitrogens with zero attached hydrogens (tertiary/aromatic N) is 1. The Morgan fingerprint density at radius 1 is 1.22 bits per heavy atom. The molecule has 2 rings (SSSR count). The minimum atomic E-state index is 0. The smallest absolute Gasteiger partial charge is 0.225 e. The summed E-state index contributed by atoms with van der Waals surface area (Å²) in [4.78, 5) is 14.7. The molecule has 3 atom stereocenters. The van der Waals surface area contributed by atoms with Crippen LogP contribution < -0.4 is 5.73 Å². The normalized spacial score (nSPS) is 32.8. The Hall–Kier alpha value is -0.280. The van der Waals surface area contributed by atoms with Crippen LogP contribution in [0.25, 0.3) is 0 Å². The van der Waals surface area contributed by atoms with Gasteiger partial charge in [0.25, 0.3) is 0 Å². The van der Waals surface area contributed by atoms with Gasteiger partial charge in [-0.05, 0) is 44.9 Å². The number of likely N-dealkylation sites (tertiary alicyclic amines) is 1. The first-order chi connectivity index (χ1) is 8.22. The predicted molar refractivity (Wildman–Crippen MR) is 76.8 cm³/mol. The van der Waals surface area contributed by atoms with E-state index >= 15 is 0 Å². The maximum absolute atomic E-state index is 12.5. The second kappa shape index (κ2) is 7.34. The Bertz CT molecular complexity index is 273. The highest BCUT2D eigenvalue weighted by Crippen LogP contribution is 2.28. The fourth-order valence-corrected chi connectivity index (χ4v) is 3.40. The van der Waals surface area contributed by atoms with Crippen LogP contribution in [0.5, 0.6) is 0 Å². The lowest BCUT2D eigenvalue weighted by Crippen LogP contribution is -2.47. The first-order valence-electron chi connectivity index (χ1n) is 7.28. The van der Waals surface area contributed by atoms with E-state index < -0.39 is 0 Å². The highest BCUT2D eigenvalue weighted by molar-refractivity contribution is 5.85. The number of carbonyl (C=O) groups is 1. The van der Waals surface area contributed by atoms with Gasteiger partial charge in [0.15, 0.2) is 0 Å². The first-order valence-corrected chi connectivity index (χ1v) is 7.28. The lowest BCUT2D eigenvalue weighted by molar-refractivity contribution is -0.140. The highest BCUT2D eigenvalue weighted by Gasteiger charge is 2.32. The molecule has 2 fully saturated rings. The van der Waals surface area contributed by atoms with Gasteiger partial charge in [-0.3, -0.25) is 4.79 Å². The van der Waals surface area contributed by atoms with Crippen LogP contribution >= 0.6 is 12.4 Å². The van der Waals surface area contributed by atoms with Crippen molar-refractivity contribution in [2.75, 3.05) is 6.54 Å². The van der Waals surface area contributed by atoms with E-state index in [-0.39, 0.29) is 24.4 Å². The van der Waals surface area contributed by atoms with Gasteiger partial charge in [-0.15, -0.1) is 12.4 Å². The van der Waals surface area contributed by atoms with Crippen molar-refractivity contribution in [1.29, 1.82) is 0 Å². The SMILES string of the molecule is CCC1CCCCN1C(=O)C1CCCC(N)C1.Cl. The van der Waals surface area contributed by atoms with Crippen LogP contribution in [-0.2, 0) is 4.79 Å². The van der Waals surface area contributed by atoms with E-state index in [0.717, 1.165) is 38.6 Å². The average molecular weight is 275 g/mol. The third-order valence-electron chi connectivity index (χ3n) is 4.45. The Kier molecular flexibility index (Phi) is 6.44. The van der Waals surface area contributed by atoms with Crippen LogP contribution in [0, 0.1) is 5.92 Å². The van der Waals surface area contributed by atoms with Crippen molar-refractivity contribution in [2.24, 2.45) is 11.7 Å². The fraction of sp³-hybridized carbons (Fsp3) is 0.929. The molecule has 1 saturated heterocycles. The molecule has 0 spiro atoms. The summed E-state index contributed by atoms with van der Waals surface area (Å²) in [5.74, 6) is 0.609. The van der Waals surface area contributed by atoms with Gasteiger partial charge in [-0.2, -0.15) is 0 Å². The largest absolute Gasteiger partial charge is 0.339 e. The molecule has 0 aromatic rings. The fourth-order valence-electron chi connectivity index (χ4n) is 3.40. The van der Waals surface area contributed by atoms with Crippen molar-refractivity contribution in [2.45, 2.75) is 70.4 Å². The van der Waals surface area contributed by atoms with Crippen molar-refractivity contribution in [3.8, 4) is 0 Å². The Morgan fingerprint density at radius 3 is 2.67 bits per heavy atom. The molecule has 1 amide bonds. The van der Waals surface area contributed by atoms with Crippen LogP contribution in [0.2, 0.25) is 0 Å². The maximum atomic E-state index is 12.5. The molecule has 3 unspecified atom stereocenters. The van der Waals surface area contributed by atoms with E-state index in [2.05, 4.69) is 11.8 Å². The summed E-state index contributed by atoms with van der Waals surface area (Å²) in [7, 11) is 0. The van der Waals surface area contributed by atoms with Gasteiger partial charge in [0.05, 0.1) is 0 Å². The number of amides is 1. The van der Waals surface area contributed by atoms with Crippen molar-refractivity contribution >= 4 is 18.3 Å². The molecular weight excluding hydrogens is 248 g/mol. The van der Waals surface area contributed by atoms with E-state index in [4.69, 9.17) is 5.73 Å². The summed E-state index contributed by atoms with van der Waals surface area (Å²) in [6.45, 7) is 3.17. The van der Waals surface area contributed by atoms with Gasteiger partial charge in [-0.1, -0.05) is 13.3 Å². The zero-order chi connectivity index (χ0) is 12.3. The highest BCUT2D eigenvalue weighted by atomic mass is 35.5. The summed E-state index contributed by atoms with van der Waals surface area (Å²) < 4.78 is 0. The van der Waals surface area contributed by atoms with Crippen molar-refractivity contribution in [1.82, 2.24) is 4.90 Å². The van der Waals surface area contributed by atoms with Crippen LogP contribution in [0.4, 0.5) is 0 Å². The minimum absolute atomic E-state index is 0. The van der Waals surface area contributed by atoms with E-state index in [9.17, 15) is 4.79 Å². The van der Waals surface area contributed by atoms with E-state index in [1.165, 1.54) is 19.3 Å². The third kappa shape index (κ3) is 3.61. The number of hydrogen-bond donors (Lipinski definition) is 1. The molecule has 2 aliphatic rings. The zero-order valence-electron chi connectivity index (χ0n) is 11.4. The van der Waals surface area contributed by atoms with E-state index in [0.29, 0.717) is 11.9 Å². The lowest BCUT2D eigenvalue weighted by Gasteiger charge is -2.39. The number of hydrogen-bond acceptors (Lipinski definition) is 2. The molecule has 4 heteroatoms. The van der Waals surface area contributed by atoms with Crippen LogP contribution in [-0.4, -0.2) is 29.4 Å². The monoisotopic (exact) mass is 274 g/mol. The molecule has 1 saturated carbocycles. The van der Waals surface area contributed by atoms with Gasteiger partial charge in [0, 0.05) is 24.5 Å². The number of carbonyl (C=O) groups excluding carboxylic acids is 1. The molecule has 106 valence electrons. The standard InChI is InChI=1S/C14H26N2O.ClH/c1-2-13-8-3-4-9-16(13)14(17)11-6-5-7-12(15)10-11;/h11-13H,2-10,15H2,1H3;1H. The third-order valence-corrected chi connectivity index (χ3v) is 4.45. The number of piperidine rings is 1. The molecule has 0 bridgehead atoms. The van der Waals surface area contributed by atoms with Gasteiger partial charge < -0.3 is 10.6 Å². The summed E-state index contributed by atoms with van der Waals surface area (Å²) in [5, 5.41) is 0. The molecule has 1 aliphatic heterocycles. The van der Waals surface area contributed by atoms with Crippen LogP contribution in [0.1, 0.15) is 58.3 Å². The molecule has 0 aromatic carbocycles. The topological polar surface area (TPSA) is 46.3 Å². The van der Waals surface area contributed by atoms with E-state index in [1.54, 1.807) is 0 Å². The number of nitrogens with two attached hydrogens (primary N) is 1. The van der Waals surface area contributed by atoms with Crippen LogP contribution in [0.15, 0.2) is 0 Å². The minimum Gasteiger partial charge on any atom is -0.339 e. The second-order valence-corrected chi connectivity index (χ2v) is 5.71. The molecule has 1 aliphatic carbocycles. The van der Waals surface area contributed by atoms with Crippen molar-refractivity contribution in [3.05, 3.63) is 0 Å². The number of halogens is 1. The molecule has 0 radical (unpaired) electrons. The average Bonchev–Trinajstić information content (AvgIpc) is 2.38. The lowest BCUT2D eigenvalue weighted by atomic mass is 9.84. The molecular formula is C14H27ClN2O. The van der Waals surface area contributed by atoms with Crippen LogP contribution in [0.3, 0.4) is 0 Å². The van der Waals surface area contributed by atoms with Crippen molar-refractivity contribution < 1.29 is 4.79 Å². The van der Waals surface area contributed by atoms with Gasteiger partial charge in [0.2, 0.25) is 5.91 Å². The molecule has 1 heterocycles. The summed E-state index contributed by atoms with van der Waals surface area (Å²) in [6, 6.07) is 0.747. The summed E-state index contributed by atoms with van der Waals surface area (Å²) in [5.41, 5.74) is 5.99. The number of rotatable bonds is 2. The van der Waals surface area contributed by atoms with Gasteiger partial charge in [0.1, 0.15) is 0 Å². The molecule has 2 N–H and O–H groups in total. The van der Waals surface area contributed by atoms with Gasteiger partial charge >= 0.3 is 0 Å².